The van der Waals surface area contributed by atoms with Crippen LogP contribution in [0.25, 0.3) is 0 Å². The lowest BCUT2D eigenvalue weighted by Crippen LogP contribution is -2.16. The number of carbonyl (C=O) groups is 2. The number of hydrogen-bond acceptors (Lipinski definition) is 3. The molecular weight excluding hydrogens is 376 g/mol. The fraction of sp³-hybridized carbons (Fsp3) is 0.0909. The van der Waals surface area contributed by atoms with Gasteiger partial charge in [0.15, 0.2) is 0 Å². The summed E-state index contributed by atoms with van der Waals surface area (Å²) in [6.07, 6.45) is 0. The second kappa shape index (κ2) is 8.52. The van der Waals surface area contributed by atoms with Crippen LogP contribution in [0.2, 0.25) is 0 Å². The van der Waals surface area contributed by atoms with Crippen molar-refractivity contribution in [2.75, 3.05) is 29.6 Å². The number of halogens is 2. The van der Waals surface area contributed by atoms with Crippen LogP contribution in [-0.4, -0.2) is 25.9 Å². The molecule has 3 rings (SSSR count). The molecular formula is C22H19F2N3O2. The summed E-state index contributed by atoms with van der Waals surface area (Å²) in [6, 6.07) is 16.2. The van der Waals surface area contributed by atoms with Crippen LogP contribution in [0, 0.1) is 11.6 Å². The minimum atomic E-state index is -0.881. The summed E-state index contributed by atoms with van der Waals surface area (Å²) in [5.41, 5.74) is 1.91. The van der Waals surface area contributed by atoms with E-state index >= 15 is 0 Å². The predicted molar refractivity (Wildman–Crippen MR) is 109 cm³/mol. The van der Waals surface area contributed by atoms with Crippen molar-refractivity contribution in [3.8, 4) is 0 Å². The minimum Gasteiger partial charge on any atom is -0.378 e. The molecule has 0 spiro atoms. The number of nitrogens with zero attached hydrogens (tertiary/aromatic N) is 1. The first kappa shape index (κ1) is 20.0. The highest BCUT2D eigenvalue weighted by molar-refractivity contribution is 6.08. The molecule has 2 amide bonds. The zero-order valence-electron chi connectivity index (χ0n) is 15.9. The SMILES string of the molecule is CN(C)c1ccc(NC(=O)c2cccc(C(=O)Nc3ccc(F)cc3F)c2)cc1. The maximum atomic E-state index is 13.7. The van der Waals surface area contributed by atoms with Crippen LogP contribution in [-0.2, 0) is 0 Å². The molecule has 0 bridgehead atoms. The third-order valence-electron chi connectivity index (χ3n) is 4.21. The van der Waals surface area contributed by atoms with Crippen molar-refractivity contribution in [3.63, 3.8) is 0 Å². The molecule has 0 saturated heterocycles. The van der Waals surface area contributed by atoms with E-state index in [9.17, 15) is 18.4 Å². The normalized spacial score (nSPS) is 10.3. The molecule has 29 heavy (non-hydrogen) atoms. The van der Waals surface area contributed by atoms with E-state index in [1.807, 2.05) is 31.1 Å². The van der Waals surface area contributed by atoms with Crippen LogP contribution in [0.5, 0.6) is 0 Å². The number of benzene rings is 3. The molecule has 7 heteroatoms. The Morgan fingerprint density at radius 3 is 2.00 bits per heavy atom. The molecule has 0 aliphatic heterocycles. The Balaban J connectivity index is 1.72. The van der Waals surface area contributed by atoms with Crippen LogP contribution in [0.1, 0.15) is 20.7 Å². The summed E-state index contributed by atoms with van der Waals surface area (Å²) in [5, 5.41) is 5.13. The molecule has 0 unspecified atom stereocenters. The zero-order valence-corrected chi connectivity index (χ0v) is 15.9. The Labute approximate surface area is 167 Å². The van der Waals surface area contributed by atoms with Crippen LogP contribution >= 0.6 is 0 Å². The van der Waals surface area contributed by atoms with Gasteiger partial charge in [-0.15, -0.1) is 0 Å². The van der Waals surface area contributed by atoms with E-state index in [-0.39, 0.29) is 22.7 Å². The smallest absolute Gasteiger partial charge is 0.255 e. The van der Waals surface area contributed by atoms with Crippen molar-refractivity contribution >= 4 is 28.9 Å². The number of nitrogens with one attached hydrogen (secondary N) is 2. The van der Waals surface area contributed by atoms with Crippen LogP contribution < -0.4 is 15.5 Å². The second-order valence-corrected chi connectivity index (χ2v) is 6.55. The van der Waals surface area contributed by atoms with Crippen molar-refractivity contribution in [3.05, 3.63) is 89.5 Å². The third-order valence-corrected chi connectivity index (χ3v) is 4.21. The maximum absolute atomic E-state index is 13.7. The summed E-state index contributed by atoms with van der Waals surface area (Å²) in [7, 11) is 3.84. The summed E-state index contributed by atoms with van der Waals surface area (Å²) in [4.78, 5) is 26.8. The molecule has 0 saturated carbocycles. The number of rotatable bonds is 5. The predicted octanol–water partition coefficient (Wildman–Crippen LogP) is 4.54. The summed E-state index contributed by atoms with van der Waals surface area (Å²) in [6.45, 7) is 0. The minimum absolute atomic E-state index is 0.146. The lowest BCUT2D eigenvalue weighted by molar-refractivity contribution is 0.102. The van der Waals surface area contributed by atoms with Crippen LogP contribution in [0.3, 0.4) is 0 Å². The van der Waals surface area contributed by atoms with E-state index in [0.29, 0.717) is 11.8 Å². The van der Waals surface area contributed by atoms with Crippen molar-refractivity contribution in [2.24, 2.45) is 0 Å². The monoisotopic (exact) mass is 395 g/mol. The van der Waals surface area contributed by atoms with Gasteiger partial charge in [0.2, 0.25) is 0 Å². The zero-order chi connectivity index (χ0) is 21.0. The van der Waals surface area contributed by atoms with Gasteiger partial charge in [-0.1, -0.05) is 6.07 Å². The highest BCUT2D eigenvalue weighted by Gasteiger charge is 2.13. The van der Waals surface area contributed by atoms with Gasteiger partial charge in [0, 0.05) is 42.7 Å². The van der Waals surface area contributed by atoms with Crippen molar-refractivity contribution in [1.29, 1.82) is 0 Å². The molecule has 3 aromatic rings. The lowest BCUT2D eigenvalue weighted by Gasteiger charge is -2.13. The van der Waals surface area contributed by atoms with E-state index in [2.05, 4.69) is 10.6 Å². The Morgan fingerprint density at radius 2 is 1.41 bits per heavy atom. The van der Waals surface area contributed by atoms with Gasteiger partial charge >= 0.3 is 0 Å². The maximum Gasteiger partial charge on any atom is 0.255 e. The summed E-state index contributed by atoms with van der Waals surface area (Å²) < 4.78 is 26.7. The van der Waals surface area contributed by atoms with Crippen molar-refractivity contribution in [1.82, 2.24) is 0 Å². The van der Waals surface area contributed by atoms with Gasteiger partial charge in [-0.05, 0) is 54.6 Å². The first-order chi connectivity index (χ1) is 13.8. The molecule has 2 N–H and O–H groups in total. The fourth-order valence-electron chi connectivity index (χ4n) is 2.63. The number of hydrogen-bond donors (Lipinski definition) is 2. The first-order valence-electron chi connectivity index (χ1n) is 8.79. The molecule has 0 atom stereocenters. The van der Waals surface area contributed by atoms with E-state index in [0.717, 1.165) is 17.8 Å². The molecule has 0 aliphatic carbocycles. The molecule has 0 radical (unpaired) electrons. The largest absolute Gasteiger partial charge is 0.378 e. The molecule has 0 fully saturated rings. The fourth-order valence-corrected chi connectivity index (χ4v) is 2.63. The molecule has 0 aromatic heterocycles. The Kier molecular flexibility index (Phi) is 5.87. The van der Waals surface area contributed by atoms with Crippen LogP contribution in [0.4, 0.5) is 25.8 Å². The lowest BCUT2D eigenvalue weighted by atomic mass is 10.1. The van der Waals surface area contributed by atoms with Gasteiger partial charge in [-0.2, -0.15) is 0 Å². The van der Waals surface area contributed by atoms with Crippen molar-refractivity contribution in [2.45, 2.75) is 0 Å². The van der Waals surface area contributed by atoms with E-state index < -0.39 is 17.5 Å². The van der Waals surface area contributed by atoms with E-state index in [4.69, 9.17) is 0 Å². The van der Waals surface area contributed by atoms with Gasteiger partial charge in [0.25, 0.3) is 11.8 Å². The highest BCUT2D eigenvalue weighted by atomic mass is 19.1. The van der Waals surface area contributed by atoms with Gasteiger partial charge in [-0.3, -0.25) is 9.59 Å². The van der Waals surface area contributed by atoms with E-state index in [1.165, 1.54) is 12.1 Å². The summed E-state index contributed by atoms with van der Waals surface area (Å²) in [5.74, 6) is -2.61. The summed E-state index contributed by atoms with van der Waals surface area (Å²) >= 11 is 0. The average molecular weight is 395 g/mol. The molecule has 0 aliphatic rings. The Morgan fingerprint density at radius 1 is 0.793 bits per heavy atom. The third kappa shape index (κ3) is 4.95. The Bertz CT molecular complexity index is 1050. The van der Waals surface area contributed by atoms with Gasteiger partial charge < -0.3 is 15.5 Å². The number of carbonyl (C=O) groups excluding carboxylic acids is 2. The highest BCUT2D eigenvalue weighted by Crippen LogP contribution is 2.18. The molecule has 148 valence electrons. The quantitative estimate of drug-likeness (QED) is 0.667. The van der Waals surface area contributed by atoms with Gasteiger partial charge in [0.1, 0.15) is 11.6 Å². The number of anilines is 3. The van der Waals surface area contributed by atoms with Gasteiger partial charge in [0.05, 0.1) is 5.69 Å². The molecule has 5 nitrogen and oxygen atoms in total. The average Bonchev–Trinajstić information content (AvgIpc) is 2.70. The van der Waals surface area contributed by atoms with Crippen LogP contribution in [0.15, 0.2) is 66.7 Å². The molecule has 0 heterocycles. The topological polar surface area (TPSA) is 61.4 Å². The second-order valence-electron chi connectivity index (χ2n) is 6.55. The van der Waals surface area contributed by atoms with Crippen molar-refractivity contribution < 1.29 is 18.4 Å². The van der Waals surface area contributed by atoms with E-state index in [1.54, 1.807) is 24.3 Å². The standard InChI is InChI=1S/C22H19F2N3O2/c1-27(2)18-9-7-17(8-10-18)25-21(28)14-4-3-5-15(12-14)22(29)26-20-11-6-16(23)13-19(20)24/h3-13H,1-2H3,(H,25,28)(H,26,29). The number of amides is 2. The molecule has 3 aromatic carbocycles. The van der Waals surface area contributed by atoms with Gasteiger partial charge in [-0.25, -0.2) is 8.78 Å². The Hall–Kier alpha value is -3.74. The first-order valence-corrected chi connectivity index (χ1v) is 8.79.